The smallest absolute Gasteiger partial charge is 0.209 e. The molecule has 0 radical (unpaired) electrons. The third-order valence-electron chi connectivity index (χ3n) is 3.15. The molecule has 1 saturated heterocycles. The monoisotopic (exact) mass is 234 g/mol. The first-order valence-electron chi connectivity index (χ1n) is 5.61. The van der Waals surface area contributed by atoms with Gasteiger partial charge in [0.2, 0.25) is 10.0 Å². The number of rotatable bonds is 5. The molecule has 0 saturated carbocycles. The minimum Gasteiger partial charge on any atom is -0.303 e. The lowest BCUT2D eigenvalue weighted by atomic mass is 9.95. The molecule has 5 heteroatoms. The van der Waals surface area contributed by atoms with Crippen molar-refractivity contribution in [3.05, 3.63) is 0 Å². The number of sulfonamides is 1. The number of primary sulfonamides is 1. The Morgan fingerprint density at radius 2 is 2.13 bits per heavy atom. The highest BCUT2D eigenvalue weighted by Crippen LogP contribution is 2.23. The minimum atomic E-state index is -3.27. The van der Waals surface area contributed by atoms with Gasteiger partial charge in [0, 0.05) is 6.54 Å². The van der Waals surface area contributed by atoms with Gasteiger partial charge >= 0.3 is 0 Å². The second-order valence-corrected chi connectivity index (χ2v) is 6.55. The van der Waals surface area contributed by atoms with E-state index in [1.54, 1.807) is 0 Å². The summed E-state index contributed by atoms with van der Waals surface area (Å²) in [5.41, 5.74) is 0. The zero-order chi connectivity index (χ0) is 11.5. The van der Waals surface area contributed by atoms with Crippen molar-refractivity contribution in [1.29, 1.82) is 0 Å². The lowest BCUT2D eigenvalue weighted by Crippen LogP contribution is -2.26. The lowest BCUT2D eigenvalue weighted by Gasteiger charge is -2.17. The third kappa shape index (κ3) is 4.95. The van der Waals surface area contributed by atoms with Gasteiger partial charge in [0.05, 0.1) is 5.75 Å². The van der Waals surface area contributed by atoms with E-state index in [0.717, 1.165) is 31.5 Å². The van der Waals surface area contributed by atoms with Crippen LogP contribution in [0.25, 0.3) is 0 Å². The maximum Gasteiger partial charge on any atom is 0.209 e. The molecular weight excluding hydrogens is 212 g/mol. The third-order valence-corrected chi connectivity index (χ3v) is 4.01. The van der Waals surface area contributed by atoms with Crippen LogP contribution < -0.4 is 5.14 Å². The Bertz CT molecular complexity index is 288. The van der Waals surface area contributed by atoms with E-state index in [4.69, 9.17) is 5.14 Å². The molecule has 0 aliphatic carbocycles. The molecule has 2 N–H and O–H groups in total. The summed E-state index contributed by atoms with van der Waals surface area (Å²) in [6.45, 7) is 7.58. The quantitative estimate of drug-likeness (QED) is 0.759. The number of likely N-dealkylation sites (tertiary alicyclic amines) is 1. The van der Waals surface area contributed by atoms with Crippen LogP contribution in [0.2, 0.25) is 0 Å². The van der Waals surface area contributed by atoms with Crippen molar-refractivity contribution >= 4 is 10.0 Å². The van der Waals surface area contributed by atoms with Crippen LogP contribution in [0.1, 0.15) is 26.7 Å². The molecule has 0 spiro atoms. The van der Waals surface area contributed by atoms with Gasteiger partial charge in [-0.15, -0.1) is 0 Å². The zero-order valence-corrected chi connectivity index (χ0v) is 10.5. The molecule has 0 amide bonds. The highest BCUT2D eigenvalue weighted by Gasteiger charge is 2.24. The first kappa shape index (κ1) is 12.9. The minimum absolute atomic E-state index is 0.107. The molecule has 1 heterocycles. The van der Waals surface area contributed by atoms with Crippen LogP contribution >= 0.6 is 0 Å². The van der Waals surface area contributed by atoms with Crippen LogP contribution in [0.5, 0.6) is 0 Å². The summed E-state index contributed by atoms with van der Waals surface area (Å²) in [7, 11) is -3.27. The topological polar surface area (TPSA) is 63.4 Å². The second kappa shape index (κ2) is 5.27. The van der Waals surface area contributed by atoms with E-state index in [-0.39, 0.29) is 5.75 Å². The van der Waals surface area contributed by atoms with Crippen LogP contribution in [0.15, 0.2) is 0 Å². The Kier molecular flexibility index (Phi) is 4.55. The largest absolute Gasteiger partial charge is 0.303 e. The van der Waals surface area contributed by atoms with E-state index in [1.165, 1.54) is 6.42 Å². The summed E-state index contributed by atoms with van der Waals surface area (Å²) in [4.78, 5) is 2.34. The van der Waals surface area contributed by atoms with E-state index in [1.807, 2.05) is 0 Å². The zero-order valence-electron chi connectivity index (χ0n) is 9.65. The van der Waals surface area contributed by atoms with Gasteiger partial charge in [-0.2, -0.15) is 0 Å². The molecule has 1 aliphatic heterocycles. The maximum absolute atomic E-state index is 10.7. The molecule has 1 fully saturated rings. The van der Waals surface area contributed by atoms with Gasteiger partial charge in [-0.3, -0.25) is 0 Å². The molecule has 1 atom stereocenters. The molecule has 15 heavy (non-hydrogen) atoms. The fourth-order valence-electron chi connectivity index (χ4n) is 2.10. The van der Waals surface area contributed by atoms with Crippen LogP contribution in [0.4, 0.5) is 0 Å². The first-order chi connectivity index (χ1) is 6.88. The summed E-state index contributed by atoms with van der Waals surface area (Å²) < 4.78 is 21.5. The van der Waals surface area contributed by atoms with Gasteiger partial charge < -0.3 is 4.90 Å². The number of hydrogen-bond acceptors (Lipinski definition) is 3. The first-order valence-corrected chi connectivity index (χ1v) is 7.33. The van der Waals surface area contributed by atoms with E-state index in [2.05, 4.69) is 18.7 Å². The van der Waals surface area contributed by atoms with Crippen molar-refractivity contribution in [2.24, 2.45) is 17.0 Å². The van der Waals surface area contributed by atoms with Crippen LogP contribution in [-0.4, -0.2) is 38.7 Å². The molecule has 1 unspecified atom stereocenters. The average molecular weight is 234 g/mol. The van der Waals surface area contributed by atoms with Crippen LogP contribution in [-0.2, 0) is 10.0 Å². The predicted molar refractivity (Wildman–Crippen MR) is 62.0 cm³/mol. The molecule has 4 nitrogen and oxygen atoms in total. The van der Waals surface area contributed by atoms with Crippen molar-refractivity contribution in [2.45, 2.75) is 26.7 Å². The lowest BCUT2D eigenvalue weighted by molar-refractivity contribution is 0.304. The predicted octanol–water partition coefficient (Wildman–Crippen LogP) is 0.643. The summed E-state index contributed by atoms with van der Waals surface area (Å²) in [6.07, 6.45) is 1.90. The molecule has 1 rings (SSSR count). The standard InChI is InChI=1S/C10H22N2O2S/c1-9(2)10-4-6-12(8-10)5-3-7-15(11,13)14/h9-10H,3-8H2,1-2H3,(H2,11,13,14). The molecule has 1 aliphatic rings. The highest BCUT2D eigenvalue weighted by molar-refractivity contribution is 7.89. The maximum atomic E-state index is 10.7. The Balaban J connectivity index is 2.20. The molecule has 0 bridgehead atoms. The molecule has 0 aromatic rings. The SMILES string of the molecule is CC(C)C1CCN(CCCS(N)(=O)=O)C1. The van der Waals surface area contributed by atoms with Gasteiger partial charge in [-0.1, -0.05) is 13.8 Å². The molecular formula is C10H22N2O2S. The number of hydrogen-bond donors (Lipinski definition) is 1. The van der Waals surface area contributed by atoms with Crippen molar-refractivity contribution in [3.8, 4) is 0 Å². The Hall–Kier alpha value is -0.130. The van der Waals surface area contributed by atoms with Gasteiger partial charge in [-0.25, -0.2) is 13.6 Å². The molecule has 0 aromatic heterocycles. The van der Waals surface area contributed by atoms with E-state index in [9.17, 15) is 8.42 Å². The van der Waals surface area contributed by atoms with Crippen LogP contribution in [0.3, 0.4) is 0 Å². The Morgan fingerprint density at radius 3 is 2.60 bits per heavy atom. The molecule has 0 aromatic carbocycles. The van der Waals surface area contributed by atoms with Crippen molar-refractivity contribution in [1.82, 2.24) is 4.90 Å². The fraction of sp³-hybridized carbons (Fsp3) is 1.00. The Labute approximate surface area is 92.9 Å². The van der Waals surface area contributed by atoms with Gasteiger partial charge in [-0.05, 0) is 37.8 Å². The number of nitrogens with two attached hydrogens (primary N) is 1. The van der Waals surface area contributed by atoms with Gasteiger partial charge in [0.25, 0.3) is 0 Å². The van der Waals surface area contributed by atoms with Crippen molar-refractivity contribution < 1.29 is 8.42 Å². The summed E-state index contributed by atoms with van der Waals surface area (Å²) in [6, 6.07) is 0. The molecule has 90 valence electrons. The van der Waals surface area contributed by atoms with Crippen molar-refractivity contribution in [2.75, 3.05) is 25.4 Å². The number of nitrogens with zero attached hydrogens (tertiary/aromatic N) is 1. The summed E-state index contributed by atoms with van der Waals surface area (Å²) >= 11 is 0. The summed E-state index contributed by atoms with van der Waals surface area (Å²) in [5.74, 6) is 1.61. The van der Waals surface area contributed by atoms with E-state index in [0.29, 0.717) is 6.42 Å². The van der Waals surface area contributed by atoms with E-state index < -0.39 is 10.0 Å². The van der Waals surface area contributed by atoms with E-state index >= 15 is 0 Å². The van der Waals surface area contributed by atoms with Crippen LogP contribution in [0, 0.1) is 11.8 Å². The fourth-order valence-corrected chi connectivity index (χ4v) is 2.63. The Morgan fingerprint density at radius 1 is 1.47 bits per heavy atom. The average Bonchev–Trinajstić information content (AvgIpc) is 2.50. The normalized spacial score (nSPS) is 23.9. The highest BCUT2D eigenvalue weighted by atomic mass is 32.2. The second-order valence-electron chi connectivity index (χ2n) is 4.81. The van der Waals surface area contributed by atoms with Crippen molar-refractivity contribution in [3.63, 3.8) is 0 Å². The van der Waals surface area contributed by atoms with Gasteiger partial charge in [0.15, 0.2) is 0 Å². The van der Waals surface area contributed by atoms with Gasteiger partial charge in [0.1, 0.15) is 0 Å². The summed E-state index contributed by atoms with van der Waals surface area (Å²) in [5, 5.41) is 4.95.